The zero-order valence-corrected chi connectivity index (χ0v) is 24.5. The Hall–Kier alpha value is -3.65. The molecule has 8 rings (SSSR count). The fraction of sp³-hybridized carbons (Fsp3) is 0.375. The quantitative estimate of drug-likeness (QED) is 0.214. The van der Waals surface area contributed by atoms with E-state index in [2.05, 4.69) is 84.9 Å². The Morgan fingerprint density at radius 1 is 0.762 bits per heavy atom. The van der Waals surface area contributed by atoms with Crippen molar-refractivity contribution >= 4 is 16.6 Å². The van der Waals surface area contributed by atoms with Gasteiger partial charge in [0.05, 0.1) is 6.61 Å². The maximum absolute atomic E-state index is 14.2. The summed E-state index contributed by atoms with van der Waals surface area (Å²) in [6, 6.07) is 29.2. The van der Waals surface area contributed by atoms with Crippen molar-refractivity contribution in [2.24, 2.45) is 17.8 Å². The largest absolute Gasteiger partial charge is 0.493 e. The molecular weight excluding hydrogens is 512 g/mol. The highest BCUT2D eigenvalue weighted by Crippen LogP contribution is 2.53. The van der Waals surface area contributed by atoms with Crippen LogP contribution in [0.15, 0.2) is 90.5 Å². The Morgan fingerprint density at radius 2 is 1.62 bits per heavy atom. The first kappa shape index (κ1) is 26.0. The minimum absolute atomic E-state index is 0.0504. The molecule has 212 valence electrons. The van der Waals surface area contributed by atoms with E-state index in [-0.39, 0.29) is 11.8 Å². The number of carbonyl (C=O) groups excluding carboxylic acids is 1. The van der Waals surface area contributed by atoms with Crippen molar-refractivity contribution in [3.63, 3.8) is 0 Å². The predicted octanol–water partition coefficient (Wildman–Crippen LogP) is 8.76. The number of allylic oxidation sites excluding steroid dienone is 2. The average molecular weight is 553 g/mol. The molecule has 1 fully saturated rings. The van der Waals surface area contributed by atoms with Crippen molar-refractivity contribution in [2.45, 2.75) is 70.1 Å². The second kappa shape index (κ2) is 10.9. The van der Waals surface area contributed by atoms with E-state index in [0.717, 1.165) is 31.6 Å². The van der Waals surface area contributed by atoms with Crippen LogP contribution in [-0.4, -0.2) is 12.4 Å². The number of hydrogen-bond acceptors (Lipinski definition) is 2. The van der Waals surface area contributed by atoms with Crippen molar-refractivity contribution in [3.05, 3.63) is 124 Å². The molecule has 2 nitrogen and oxygen atoms in total. The van der Waals surface area contributed by atoms with Crippen LogP contribution in [0.5, 0.6) is 5.75 Å². The van der Waals surface area contributed by atoms with Crippen LogP contribution < -0.4 is 4.74 Å². The van der Waals surface area contributed by atoms with E-state index >= 15 is 0 Å². The van der Waals surface area contributed by atoms with Crippen LogP contribution in [0, 0.1) is 17.8 Å². The number of Topliss-reactive ketones (excluding diaryl/α,β-unsaturated/α-hetero) is 1. The molecule has 4 unspecified atom stereocenters. The van der Waals surface area contributed by atoms with Crippen molar-refractivity contribution in [1.82, 2.24) is 0 Å². The van der Waals surface area contributed by atoms with Crippen molar-refractivity contribution < 1.29 is 9.53 Å². The smallest absolute Gasteiger partial charge is 0.140 e. The van der Waals surface area contributed by atoms with Crippen LogP contribution in [-0.2, 0) is 36.9 Å². The fourth-order valence-electron chi connectivity index (χ4n) is 8.64. The number of hydrogen-bond donors (Lipinski definition) is 0. The van der Waals surface area contributed by atoms with Gasteiger partial charge in [-0.1, -0.05) is 90.9 Å². The zero-order valence-electron chi connectivity index (χ0n) is 24.5. The Kier molecular flexibility index (Phi) is 6.74. The molecular formula is C40H40O2. The Bertz CT molecular complexity index is 1690. The topological polar surface area (TPSA) is 26.3 Å². The third kappa shape index (κ3) is 4.79. The third-order valence-corrected chi connectivity index (χ3v) is 10.8. The third-order valence-electron chi connectivity index (χ3n) is 10.8. The van der Waals surface area contributed by atoms with Crippen LogP contribution in [0.3, 0.4) is 0 Å². The molecule has 42 heavy (non-hydrogen) atoms. The first-order valence-electron chi connectivity index (χ1n) is 16.3. The summed E-state index contributed by atoms with van der Waals surface area (Å²) < 4.78 is 6.01. The van der Waals surface area contributed by atoms with Gasteiger partial charge in [0, 0.05) is 24.7 Å². The van der Waals surface area contributed by atoms with Crippen LogP contribution in [0.2, 0.25) is 0 Å². The average Bonchev–Trinajstić information content (AvgIpc) is 3.78. The molecule has 1 heterocycles. The van der Waals surface area contributed by atoms with Crippen molar-refractivity contribution in [3.8, 4) is 5.75 Å². The number of ether oxygens (including phenoxy) is 1. The lowest BCUT2D eigenvalue weighted by Crippen LogP contribution is -2.26. The summed E-state index contributed by atoms with van der Waals surface area (Å²) in [7, 11) is 0. The number of benzene rings is 4. The molecule has 4 atom stereocenters. The van der Waals surface area contributed by atoms with Crippen LogP contribution in [0.1, 0.15) is 71.4 Å². The summed E-state index contributed by atoms with van der Waals surface area (Å²) in [5.74, 6) is 2.59. The maximum atomic E-state index is 14.2. The van der Waals surface area contributed by atoms with Gasteiger partial charge in [0.1, 0.15) is 11.5 Å². The summed E-state index contributed by atoms with van der Waals surface area (Å²) in [6.07, 6.45) is 13.4. The van der Waals surface area contributed by atoms with E-state index in [9.17, 15) is 4.79 Å². The zero-order chi connectivity index (χ0) is 28.0. The molecule has 0 bridgehead atoms. The molecule has 1 saturated carbocycles. The van der Waals surface area contributed by atoms with Crippen molar-refractivity contribution in [2.75, 3.05) is 6.61 Å². The Balaban J connectivity index is 1.08. The summed E-state index contributed by atoms with van der Waals surface area (Å²) in [6.45, 7) is 0.771. The van der Waals surface area contributed by atoms with Gasteiger partial charge < -0.3 is 4.74 Å². The highest BCUT2D eigenvalue weighted by Gasteiger charge is 2.45. The molecule has 0 radical (unpaired) electrons. The Morgan fingerprint density at radius 3 is 2.57 bits per heavy atom. The fourth-order valence-corrected chi connectivity index (χ4v) is 8.64. The van der Waals surface area contributed by atoms with Gasteiger partial charge in [0.15, 0.2) is 0 Å². The normalized spacial score (nSPS) is 24.1. The van der Waals surface area contributed by atoms with Gasteiger partial charge in [0.2, 0.25) is 0 Å². The number of rotatable bonds is 7. The van der Waals surface area contributed by atoms with Gasteiger partial charge in [-0.2, -0.15) is 0 Å². The first-order chi connectivity index (χ1) is 20.7. The number of fused-ring (bicyclic) bond motifs is 4. The maximum Gasteiger partial charge on any atom is 0.140 e. The molecule has 2 heteroatoms. The predicted molar refractivity (Wildman–Crippen MR) is 170 cm³/mol. The lowest BCUT2D eigenvalue weighted by Gasteiger charge is -2.34. The van der Waals surface area contributed by atoms with E-state index in [1.807, 2.05) is 0 Å². The van der Waals surface area contributed by atoms with Crippen molar-refractivity contribution in [1.29, 1.82) is 0 Å². The van der Waals surface area contributed by atoms with Crippen LogP contribution in [0.25, 0.3) is 10.8 Å². The second-order valence-corrected chi connectivity index (χ2v) is 13.2. The van der Waals surface area contributed by atoms with Crippen LogP contribution in [0.4, 0.5) is 0 Å². The van der Waals surface area contributed by atoms with Gasteiger partial charge in [-0.15, -0.1) is 0 Å². The van der Waals surface area contributed by atoms with E-state index in [4.69, 9.17) is 4.74 Å². The van der Waals surface area contributed by atoms with Gasteiger partial charge in [-0.05, 0) is 107 Å². The molecule has 1 aliphatic heterocycles. The minimum Gasteiger partial charge on any atom is -0.493 e. The van der Waals surface area contributed by atoms with E-state index in [0.29, 0.717) is 24.0 Å². The standard InChI is InChI=1S/C40H40O2/c41-38(18-13-26-11-14-28-5-1-2-6-31(28)21-26)37-25-36-33(23-27-12-15-29-7-3-8-32(29)22-27)9-4-10-35(36)40(37)34-17-16-30-19-20-42-39(30)24-34/h1-2,5-6,11-12,14-17,21-22,24-25,33,35,37,40H,3-4,7-10,13,18-20,23H2. The van der Waals surface area contributed by atoms with Gasteiger partial charge in [-0.3, -0.25) is 4.79 Å². The molecule has 4 aromatic rings. The summed E-state index contributed by atoms with van der Waals surface area (Å²) >= 11 is 0. The summed E-state index contributed by atoms with van der Waals surface area (Å²) in [5, 5.41) is 2.51. The second-order valence-electron chi connectivity index (χ2n) is 13.2. The van der Waals surface area contributed by atoms with Crippen LogP contribution >= 0.6 is 0 Å². The molecule has 4 aliphatic rings. The monoisotopic (exact) mass is 552 g/mol. The molecule has 0 aromatic heterocycles. The molecule has 4 aromatic carbocycles. The highest BCUT2D eigenvalue weighted by atomic mass is 16.5. The highest BCUT2D eigenvalue weighted by molar-refractivity contribution is 5.86. The summed E-state index contributed by atoms with van der Waals surface area (Å²) in [5.41, 5.74) is 10.0. The number of aryl methyl sites for hydroxylation is 3. The lowest BCUT2D eigenvalue weighted by molar-refractivity contribution is -0.122. The Labute approximate surface area is 249 Å². The SMILES string of the molecule is O=C(CCc1ccc2ccccc2c1)C1C=C2C(Cc3ccc4c(c3)CCC4)CCCC2C1c1ccc2c(c1)OCC2. The summed E-state index contributed by atoms with van der Waals surface area (Å²) in [4.78, 5) is 14.2. The van der Waals surface area contributed by atoms with E-state index in [1.165, 1.54) is 71.6 Å². The van der Waals surface area contributed by atoms with Gasteiger partial charge in [-0.25, -0.2) is 0 Å². The lowest BCUT2D eigenvalue weighted by atomic mass is 9.70. The van der Waals surface area contributed by atoms with E-state index in [1.54, 1.807) is 16.7 Å². The van der Waals surface area contributed by atoms with E-state index < -0.39 is 0 Å². The number of carbonyl (C=O) groups is 1. The first-order valence-corrected chi connectivity index (χ1v) is 16.3. The molecule has 0 amide bonds. The number of ketones is 1. The molecule has 0 N–H and O–H groups in total. The molecule has 0 spiro atoms. The molecule has 0 saturated heterocycles. The van der Waals surface area contributed by atoms with Gasteiger partial charge in [0.25, 0.3) is 0 Å². The minimum atomic E-state index is -0.0504. The van der Waals surface area contributed by atoms with Gasteiger partial charge >= 0.3 is 0 Å². The molecule has 3 aliphatic carbocycles.